The molecule has 0 atom stereocenters. The lowest BCUT2D eigenvalue weighted by atomic mass is 10.3. The van der Waals surface area contributed by atoms with Crippen LogP contribution in [0.15, 0.2) is 17.6 Å². The summed E-state index contributed by atoms with van der Waals surface area (Å²) in [7, 11) is 1.92. The maximum Gasteiger partial charge on any atom is 0.0945 e. The minimum atomic E-state index is 0.496. The van der Waals surface area contributed by atoms with E-state index in [1.165, 1.54) is 0 Å². The lowest BCUT2D eigenvalue weighted by Gasteiger charge is -1.96. The Morgan fingerprint density at radius 1 is 1.82 bits per heavy atom. The predicted molar refractivity (Wildman–Crippen MR) is 40.9 cm³/mol. The van der Waals surface area contributed by atoms with Gasteiger partial charge in [0.15, 0.2) is 0 Å². The minimum absolute atomic E-state index is 0.496. The fourth-order valence-electron chi connectivity index (χ4n) is 0.835. The van der Waals surface area contributed by atoms with Gasteiger partial charge in [0.05, 0.1) is 6.33 Å². The van der Waals surface area contributed by atoms with Crippen molar-refractivity contribution in [1.82, 2.24) is 9.55 Å². The Morgan fingerprint density at radius 3 is 3.18 bits per heavy atom. The number of hydrogen-bond donors (Lipinski definition) is 0. The molecule has 5 heteroatoms. The van der Waals surface area contributed by atoms with E-state index in [1.54, 1.807) is 12.5 Å². The van der Waals surface area contributed by atoms with E-state index in [1.807, 2.05) is 11.6 Å². The fourth-order valence-corrected chi connectivity index (χ4v) is 0.835. The summed E-state index contributed by atoms with van der Waals surface area (Å²) in [6, 6.07) is 0. The van der Waals surface area contributed by atoms with Crippen molar-refractivity contribution in [3.8, 4) is 0 Å². The Balaban J connectivity index is 2.50. The third-order valence-electron chi connectivity index (χ3n) is 1.45. The molecule has 1 heterocycles. The van der Waals surface area contributed by atoms with Gasteiger partial charge in [-0.2, -0.15) is 0 Å². The third kappa shape index (κ3) is 1.98. The molecule has 0 spiro atoms. The number of azide groups is 1. The van der Waals surface area contributed by atoms with E-state index >= 15 is 0 Å². The molecule has 1 aromatic rings. The monoisotopic (exact) mass is 151 g/mol. The second-order valence-electron chi connectivity index (χ2n) is 2.20. The van der Waals surface area contributed by atoms with Crippen molar-refractivity contribution in [3.05, 3.63) is 28.7 Å². The highest BCUT2D eigenvalue weighted by atomic mass is 15.1. The quantitative estimate of drug-likeness (QED) is 0.364. The molecule has 1 aromatic heterocycles. The Labute approximate surface area is 64.3 Å². The Hall–Kier alpha value is -1.48. The van der Waals surface area contributed by atoms with Crippen molar-refractivity contribution in [2.24, 2.45) is 12.2 Å². The van der Waals surface area contributed by atoms with Crippen LogP contribution in [0, 0.1) is 0 Å². The molecule has 0 aliphatic rings. The molecule has 0 bridgehead atoms. The normalized spacial score (nSPS) is 9.18. The van der Waals surface area contributed by atoms with Crippen molar-refractivity contribution in [2.75, 3.05) is 6.54 Å². The first-order valence-electron chi connectivity index (χ1n) is 3.30. The molecule has 0 amide bonds. The molecule has 0 radical (unpaired) electrons. The summed E-state index contributed by atoms with van der Waals surface area (Å²) in [5.74, 6) is 0. The van der Waals surface area contributed by atoms with Crippen molar-refractivity contribution in [1.29, 1.82) is 0 Å². The van der Waals surface area contributed by atoms with Gasteiger partial charge in [-0.1, -0.05) is 5.11 Å². The second-order valence-corrected chi connectivity index (χ2v) is 2.20. The van der Waals surface area contributed by atoms with Gasteiger partial charge < -0.3 is 4.57 Å². The Kier molecular flexibility index (Phi) is 2.52. The van der Waals surface area contributed by atoms with E-state index in [4.69, 9.17) is 5.53 Å². The first-order valence-corrected chi connectivity index (χ1v) is 3.30. The van der Waals surface area contributed by atoms with Crippen LogP contribution < -0.4 is 0 Å². The van der Waals surface area contributed by atoms with Crippen LogP contribution in [-0.2, 0) is 13.5 Å². The number of nitrogens with zero attached hydrogens (tertiary/aromatic N) is 5. The largest absolute Gasteiger partial charge is 0.338 e. The van der Waals surface area contributed by atoms with Gasteiger partial charge in [-0.15, -0.1) is 0 Å². The van der Waals surface area contributed by atoms with Gasteiger partial charge in [-0.3, -0.25) is 0 Å². The van der Waals surface area contributed by atoms with Crippen molar-refractivity contribution < 1.29 is 0 Å². The Morgan fingerprint density at radius 2 is 2.64 bits per heavy atom. The van der Waals surface area contributed by atoms with Crippen LogP contribution >= 0.6 is 0 Å². The minimum Gasteiger partial charge on any atom is -0.338 e. The van der Waals surface area contributed by atoms with Gasteiger partial charge in [0, 0.05) is 30.4 Å². The number of aryl methyl sites for hydroxylation is 1. The molecule has 5 nitrogen and oxygen atoms in total. The highest BCUT2D eigenvalue weighted by Gasteiger charge is 1.94. The summed E-state index contributed by atoms with van der Waals surface area (Å²) in [6.45, 7) is 0.496. The Bertz CT molecular complexity index is 270. The molecule has 0 saturated heterocycles. The average Bonchev–Trinajstić information content (AvgIpc) is 2.37. The smallest absolute Gasteiger partial charge is 0.0945 e. The first kappa shape index (κ1) is 7.63. The summed E-state index contributed by atoms with van der Waals surface area (Å²) in [6.07, 6.45) is 4.25. The second kappa shape index (κ2) is 3.63. The maximum atomic E-state index is 8.00. The highest BCUT2D eigenvalue weighted by Crippen LogP contribution is 1.96. The van der Waals surface area contributed by atoms with E-state index in [-0.39, 0.29) is 0 Å². The molecule has 0 aliphatic heterocycles. The third-order valence-corrected chi connectivity index (χ3v) is 1.45. The number of aromatic nitrogens is 2. The zero-order valence-electron chi connectivity index (χ0n) is 6.30. The topological polar surface area (TPSA) is 66.6 Å². The summed E-state index contributed by atoms with van der Waals surface area (Å²) < 4.78 is 1.91. The van der Waals surface area contributed by atoms with Gasteiger partial charge >= 0.3 is 0 Å². The van der Waals surface area contributed by atoms with Crippen LogP contribution in [0.5, 0.6) is 0 Å². The van der Waals surface area contributed by atoms with Crippen LogP contribution in [0.3, 0.4) is 0 Å². The zero-order valence-corrected chi connectivity index (χ0v) is 6.30. The van der Waals surface area contributed by atoms with E-state index in [2.05, 4.69) is 15.0 Å². The van der Waals surface area contributed by atoms with Gasteiger partial charge in [-0.05, 0) is 12.0 Å². The predicted octanol–water partition coefficient (Wildman–Crippen LogP) is 1.27. The molecule has 58 valence electrons. The SMILES string of the molecule is Cn1cncc1CCN=[N+]=[N-]. The molecule has 0 aliphatic carbocycles. The van der Waals surface area contributed by atoms with Crippen LogP contribution in [0.25, 0.3) is 10.4 Å². The summed E-state index contributed by atoms with van der Waals surface area (Å²) >= 11 is 0. The molecular weight excluding hydrogens is 142 g/mol. The van der Waals surface area contributed by atoms with E-state index in [0.717, 1.165) is 12.1 Å². The van der Waals surface area contributed by atoms with E-state index < -0.39 is 0 Å². The van der Waals surface area contributed by atoms with Crippen molar-refractivity contribution >= 4 is 0 Å². The lowest BCUT2D eigenvalue weighted by Crippen LogP contribution is -1.96. The molecule has 11 heavy (non-hydrogen) atoms. The molecular formula is C6H9N5. The summed E-state index contributed by atoms with van der Waals surface area (Å²) in [5, 5.41) is 3.43. The number of imidazole rings is 1. The zero-order chi connectivity index (χ0) is 8.10. The van der Waals surface area contributed by atoms with Crippen LogP contribution in [0.4, 0.5) is 0 Å². The van der Waals surface area contributed by atoms with Gasteiger partial charge in [0.2, 0.25) is 0 Å². The molecule has 1 rings (SSSR count). The number of rotatable bonds is 3. The molecule has 0 N–H and O–H groups in total. The summed E-state index contributed by atoms with van der Waals surface area (Å²) in [5.41, 5.74) is 9.08. The van der Waals surface area contributed by atoms with E-state index in [9.17, 15) is 0 Å². The molecule has 0 saturated carbocycles. The standard InChI is InChI=1S/C6H9N5/c1-11-5-8-4-6(11)2-3-9-10-7/h4-5H,2-3H2,1H3. The molecule has 0 aromatic carbocycles. The van der Waals surface area contributed by atoms with Gasteiger partial charge in [-0.25, -0.2) is 4.98 Å². The van der Waals surface area contributed by atoms with Crippen LogP contribution in [0.2, 0.25) is 0 Å². The van der Waals surface area contributed by atoms with Crippen LogP contribution in [0.1, 0.15) is 5.69 Å². The lowest BCUT2D eigenvalue weighted by molar-refractivity contribution is 0.802. The molecule has 0 unspecified atom stereocenters. The summed E-state index contributed by atoms with van der Waals surface area (Å²) in [4.78, 5) is 6.59. The maximum absolute atomic E-state index is 8.00. The number of hydrogen-bond acceptors (Lipinski definition) is 2. The van der Waals surface area contributed by atoms with Gasteiger partial charge in [0.25, 0.3) is 0 Å². The van der Waals surface area contributed by atoms with Gasteiger partial charge in [0.1, 0.15) is 0 Å². The fraction of sp³-hybridized carbons (Fsp3) is 0.500. The van der Waals surface area contributed by atoms with E-state index in [0.29, 0.717) is 6.54 Å². The van der Waals surface area contributed by atoms with Crippen LogP contribution in [-0.4, -0.2) is 16.1 Å². The molecule has 0 fully saturated rings. The average molecular weight is 151 g/mol. The van der Waals surface area contributed by atoms with Crippen molar-refractivity contribution in [2.45, 2.75) is 6.42 Å². The first-order chi connectivity index (χ1) is 5.34. The highest BCUT2D eigenvalue weighted by molar-refractivity contribution is 4.97. The van der Waals surface area contributed by atoms with Crippen molar-refractivity contribution in [3.63, 3.8) is 0 Å².